The van der Waals surface area contributed by atoms with E-state index < -0.39 is 11.5 Å². The van der Waals surface area contributed by atoms with Crippen molar-refractivity contribution in [3.8, 4) is 11.8 Å². The Morgan fingerprint density at radius 2 is 1.72 bits per heavy atom. The van der Waals surface area contributed by atoms with Gasteiger partial charge in [0.2, 0.25) is 11.8 Å². The number of nitrogens with zero attached hydrogens (tertiary/aromatic N) is 5. The van der Waals surface area contributed by atoms with Crippen LogP contribution < -0.4 is 19.9 Å². The number of piperazine rings is 1. The Kier molecular flexibility index (Phi) is 12.7. The van der Waals surface area contributed by atoms with Crippen LogP contribution in [-0.2, 0) is 37.9 Å². The van der Waals surface area contributed by atoms with Gasteiger partial charge in [-0.25, -0.2) is 8.78 Å². The highest BCUT2D eigenvalue weighted by Gasteiger charge is 2.51. The van der Waals surface area contributed by atoms with Gasteiger partial charge in [-0.3, -0.25) is 39.2 Å². The van der Waals surface area contributed by atoms with Gasteiger partial charge < -0.3 is 9.64 Å². The lowest BCUT2D eigenvalue weighted by Gasteiger charge is -2.44. The maximum absolute atomic E-state index is 15.2. The van der Waals surface area contributed by atoms with Crippen molar-refractivity contribution in [2.24, 2.45) is 5.92 Å². The minimum Gasteiger partial charge on any atom is -0.492 e. The highest BCUT2D eigenvalue weighted by Crippen LogP contribution is 2.42. The van der Waals surface area contributed by atoms with Crippen molar-refractivity contribution in [3.05, 3.63) is 87.9 Å². The lowest BCUT2D eigenvalue weighted by molar-refractivity contribution is -0.136. The summed E-state index contributed by atoms with van der Waals surface area (Å²) >= 11 is 12.0. The first kappa shape index (κ1) is 42.8. The van der Waals surface area contributed by atoms with Crippen LogP contribution in [0.4, 0.5) is 20.2 Å². The average Bonchev–Trinajstić information content (AvgIpc) is 3.32. The van der Waals surface area contributed by atoms with Crippen LogP contribution in [0.1, 0.15) is 69.7 Å². The van der Waals surface area contributed by atoms with Crippen molar-refractivity contribution in [1.82, 2.24) is 15.1 Å². The zero-order valence-electron chi connectivity index (χ0n) is 33.2. The number of benzene rings is 3. The molecule has 3 heterocycles. The molecule has 306 valence electrons. The number of alkyl halides is 2. The van der Waals surface area contributed by atoms with E-state index in [4.69, 9.17) is 28.6 Å². The second kappa shape index (κ2) is 17.2. The summed E-state index contributed by atoms with van der Waals surface area (Å²) in [6.45, 7) is 10.5. The fourth-order valence-electron chi connectivity index (χ4n) is 8.13. The van der Waals surface area contributed by atoms with Gasteiger partial charge >= 0.3 is 0 Å². The van der Waals surface area contributed by atoms with Gasteiger partial charge in [0, 0.05) is 63.1 Å². The molecule has 3 atom stereocenters. The fourth-order valence-corrected chi connectivity index (χ4v) is 8.87. The number of anilines is 2. The topological polar surface area (TPSA) is 126 Å². The number of hydrogen-bond donors (Lipinski definition) is 1. The number of piperidine rings is 1. The molecule has 15 heteroatoms. The summed E-state index contributed by atoms with van der Waals surface area (Å²) in [5.41, 5.74) is 1.15. The second-order valence-corrected chi connectivity index (χ2v) is 16.8. The molecule has 3 aromatic carbocycles. The third-order valence-corrected chi connectivity index (χ3v) is 11.8. The number of hydrogen-bond acceptors (Lipinski definition) is 9. The van der Waals surface area contributed by atoms with E-state index in [9.17, 15) is 24.4 Å². The Bertz CT molecular complexity index is 2160. The predicted octanol–water partition coefficient (Wildman–Crippen LogP) is 6.42. The highest BCUT2D eigenvalue weighted by molar-refractivity contribution is 7.81. The molecule has 3 saturated heterocycles. The van der Waals surface area contributed by atoms with Gasteiger partial charge in [-0.15, -0.1) is 0 Å². The molecule has 3 fully saturated rings. The Labute approximate surface area is 347 Å². The van der Waals surface area contributed by atoms with Crippen LogP contribution >= 0.6 is 23.8 Å². The first-order valence-corrected chi connectivity index (χ1v) is 20.1. The largest absolute Gasteiger partial charge is 0.492 e. The van der Waals surface area contributed by atoms with E-state index in [0.717, 1.165) is 18.1 Å². The molecular formula is C43H47ClF2N6O5S. The van der Waals surface area contributed by atoms with E-state index in [1.54, 1.807) is 26.0 Å². The molecular weight excluding hydrogens is 786 g/mol. The van der Waals surface area contributed by atoms with Gasteiger partial charge in [0.05, 0.1) is 28.4 Å². The lowest BCUT2D eigenvalue weighted by atomic mass is 9.90. The van der Waals surface area contributed by atoms with E-state index in [1.165, 1.54) is 34.1 Å². The predicted molar refractivity (Wildman–Crippen MR) is 221 cm³/mol. The molecule has 3 aliphatic heterocycles. The van der Waals surface area contributed by atoms with Crippen molar-refractivity contribution < 1.29 is 32.7 Å². The Balaban J connectivity index is 1.05. The Hall–Kier alpha value is -4.81. The van der Waals surface area contributed by atoms with Crippen molar-refractivity contribution in [1.29, 1.82) is 5.26 Å². The Morgan fingerprint density at radius 3 is 2.38 bits per heavy atom. The van der Waals surface area contributed by atoms with Gasteiger partial charge in [-0.05, 0) is 100 Å². The molecule has 3 aromatic rings. The number of carbonyl (C=O) groups excluding carboxylic acids is 4. The van der Waals surface area contributed by atoms with Crippen molar-refractivity contribution in [2.75, 3.05) is 42.6 Å². The molecule has 1 unspecified atom stereocenters. The molecule has 0 aromatic heterocycles. The van der Waals surface area contributed by atoms with Crippen molar-refractivity contribution in [3.63, 3.8) is 0 Å². The molecule has 0 spiro atoms. The van der Waals surface area contributed by atoms with Gasteiger partial charge in [0.15, 0.2) is 10.9 Å². The summed E-state index contributed by atoms with van der Waals surface area (Å²) < 4.78 is 36.4. The van der Waals surface area contributed by atoms with Gasteiger partial charge in [-0.2, -0.15) is 5.26 Å². The van der Waals surface area contributed by atoms with Crippen LogP contribution in [-0.4, -0.2) is 88.8 Å². The lowest BCUT2D eigenvalue weighted by Crippen LogP contribution is -2.58. The molecule has 11 nitrogen and oxygen atoms in total. The molecule has 0 bridgehead atoms. The zero-order chi connectivity index (χ0) is 42.1. The molecule has 0 saturated carbocycles. The van der Waals surface area contributed by atoms with Crippen LogP contribution in [0.15, 0.2) is 60.7 Å². The van der Waals surface area contributed by atoms with Gasteiger partial charge in [0.1, 0.15) is 24.0 Å². The number of halogens is 3. The molecule has 0 radical (unpaired) electrons. The summed E-state index contributed by atoms with van der Waals surface area (Å²) in [7, 11) is 0. The molecule has 6 rings (SSSR count). The first-order chi connectivity index (χ1) is 27.4. The second-order valence-electron chi connectivity index (χ2n) is 16.0. The van der Waals surface area contributed by atoms with Crippen LogP contribution in [0.2, 0.25) is 5.02 Å². The number of ketones is 1. The number of rotatable bonds is 13. The minimum absolute atomic E-state index is 0.0211. The van der Waals surface area contributed by atoms with Crippen LogP contribution in [0.25, 0.3) is 0 Å². The number of thiocarbonyl (C=S) groups is 1. The number of amides is 3. The summed E-state index contributed by atoms with van der Waals surface area (Å²) in [5, 5.41) is 11.9. The molecule has 3 aliphatic rings. The van der Waals surface area contributed by atoms with E-state index in [1.807, 2.05) is 30.3 Å². The maximum atomic E-state index is 15.2. The first-order valence-electron chi connectivity index (χ1n) is 19.3. The summed E-state index contributed by atoms with van der Waals surface area (Å²) in [5.74, 6) is -4.32. The Morgan fingerprint density at radius 1 is 1.03 bits per heavy atom. The van der Waals surface area contributed by atoms with Crippen molar-refractivity contribution >= 4 is 63.8 Å². The van der Waals surface area contributed by atoms with Crippen LogP contribution in [0.3, 0.4) is 0 Å². The summed E-state index contributed by atoms with van der Waals surface area (Å²) in [4.78, 5) is 58.0. The van der Waals surface area contributed by atoms with Crippen molar-refractivity contribution in [2.45, 2.75) is 83.8 Å². The number of nitriles is 1. The van der Waals surface area contributed by atoms with E-state index in [2.05, 4.69) is 29.0 Å². The molecule has 3 amide bonds. The molecule has 58 heavy (non-hydrogen) atoms. The minimum atomic E-state index is -3.28. The quantitative estimate of drug-likeness (QED) is 0.152. The average molecular weight is 833 g/mol. The number of carbonyl (C=O) groups is 4. The van der Waals surface area contributed by atoms with Crippen LogP contribution in [0.5, 0.6) is 5.75 Å². The van der Waals surface area contributed by atoms with E-state index in [0.29, 0.717) is 50.3 Å². The third-order valence-electron chi connectivity index (χ3n) is 11.1. The van der Waals surface area contributed by atoms with E-state index >= 15 is 8.78 Å². The van der Waals surface area contributed by atoms with E-state index in [-0.39, 0.29) is 88.1 Å². The zero-order valence-corrected chi connectivity index (χ0v) is 34.8. The maximum Gasteiger partial charge on any atom is 0.274 e. The normalized spacial score (nSPS) is 21.6. The van der Waals surface area contributed by atoms with Gasteiger partial charge in [-0.1, -0.05) is 35.9 Å². The summed E-state index contributed by atoms with van der Waals surface area (Å²) in [6, 6.07) is 18.7. The monoisotopic (exact) mass is 832 g/mol. The highest BCUT2D eigenvalue weighted by atomic mass is 35.5. The SMILES string of the molecule is C[C@@H]1CN(CCOc2ccc(N3C(=S)N(c4ccc(C#N)c(Cl)c4)C(=O)C3(C)C)cc2C(C)(F)F)C[C@H](C)N1CC(=O)Cc1cccc(CC2CCC(=O)NC2=O)c1. The number of ether oxygens (including phenoxy) is 1. The molecule has 0 aliphatic carbocycles. The van der Waals surface area contributed by atoms with Crippen LogP contribution in [0, 0.1) is 17.2 Å². The number of imide groups is 1. The smallest absolute Gasteiger partial charge is 0.274 e. The number of Topliss-reactive ketones (excluding diaryl/α,β-unsaturated/α-hetero) is 1. The standard InChI is InChI=1S/C43H47ClF2N6O5S/c1-26-23-49(24-27(2)50(26)25-34(53)19-29-8-6-7-28(17-29)18-30-10-14-38(54)48-39(30)55)15-16-57-37-13-12-33(20-35(37)43(5,45)46)52-41(58)51(40(56)42(52,3)4)32-11-9-31(22-47)36(44)21-32/h6-9,11-13,17,20-21,26-27,30H,10,14-16,18-19,23-25H2,1-5H3,(H,48,54,55)/t26-,27+,30?. The molecule has 1 N–H and O–H groups in total. The third kappa shape index (κ3) is 9.23. The fraction of sp³-hybridized carbons (Fsp3) is 0.442. The number of nitrogens with one attached hydrogen (secondary N) is 1. The van der Waals surface area contributed by atoms with Gasteiger partial charge in [0.25, 0.3) is 11.8 Å². The summed E-state index contributed by atoms with van der Waals surface area (Å²) in [6.07, 6.45) is 1.62.